The predicted molar refractivity (Wildman–Crippen MR) is 126 cm³/mol. The molecule has 0 unspecified atom stereocenters. The number of aliphatic carboxylic acids is 1. The zero-order valence-electron chi connectivity index (χ0n) is 17.9. The summed E-state index contributed by atoms with van der Waals surface area (Å²) < 4.78 is 5.86. The fourth-order valence-electron chi connectivity index (χ4n) is 3.49. The van der Waals surface area contributed by atoms with Gasteiger partial charge in [-0.2, -0.15) is 0 Å². The van der Waals surface area contributed by atoms with Crippen LogP contribution in [0.4, 0.5) is 11.4 Å². The SMILES string of the molecule is O=C(O)[C@@H](O)[C@@H](Nc1cccc(OCc2ccc3ccccc3n2)c1)c1ccc([N+](=O)[O-])cc1. The molecule has 3 aromatic carbocycles. The van der Waals surface area contributed by atoms with Crippen molar-refractivity contribution in [2.75, 3.05) is 5.32 Å². The van der Waals surface area contributed by atoms with Gasteiger partial charge >= 0.3 is 5.97 Å². The Hall–Kier alpha value is -4.50. The molecule has 4 rings (SSSR count). The first-order chi connectivity index (χ1) is 16.4. The quantitative estimate of drug-likeness (QED) is 0.249. The van der Waals surface area contributed by atoms with Crippen molar-refractivity contribution in [3.63, 3.8) is 0 Å². The molecule has 0 amide bonds. The molecular weight excluding hydrogens is 438 g/mol. The number of anilines is 1. The van der Waals surface area contributed by atoms with Crippen LogP contribution in [0.25, 0.3) is 10.9 Å². The second kappa shape index (κ2) is 9.97. The lowest BCUT2D eigenvalue weighted by Crippen LogP contribution is -2.32. The molecule has 0 aliphatic heterocycles. The van der Waals surface area contributed by atoms with Crippen LogP contribution in [0.15, 0.2) is 84.9 Å². The number of ether oxygens (including phenoxy) is 1. The summed E-state index contributed by atoms with van der Waals surface area (Å²) >= 11 is 0. The van der Waals surface area contributed by atoms with Crippen LogP contribution in [0, 0.1) is 10.1 Å². The van der Waals surface area contributed by atoms with Gasteiger partial charge in [0.05, 0.1) is 22.2 Å². The van der Waals surface area contributed by atoms with Crippen LogP contribution in [-0.4, -0.2) is 32.2 Å². The van der Waals surface area contributed by atoms with Crippen LogP contribution in [-0.2, 0) is 11.4 Å². The number of rotatable bonds is 9. The highest BCUT2D eigenvalue weighted by Crippen LogP contribution is 2.27. The number of nitrogens with one attached hydrogen (secondary N) is 1. The summed E-state index contributed by atoms with van der Waals surface area (Å²) in [6.07, 6.45) is -1.78. The Kier molecular flexibility index (Phi) is 6.65. The number of benzene rings is 3. The number of carboxylic acid groups (broad SMARTS) is 1. The van der Waals surface area contributed by atoms with E-state index in [2.05, 4.69) is 10.3 Å². The van der Waals surface area contributed by atoms with Gasteiger partial charge in [-0.15, -0.1) is 0 Å². The topological polar surface area (TPSA) is 135 Å². The van der Waals surface area contributed by atoms with Crippen molar-refractivity contribution in [1.29, 1.82) is 0 Å². The Labute approximate surface area is 194 Å². The molecule has 0 spiro atoms. The maximum absolute atomic E-state index is 11.5. The molecule has 0 fully saturated rings. The van der Waals surface area contributed by atoms with Gasteiger partial charge in [0.2, 0.25) is 0 Å². The number of nitro groups is 1. The van der Waals surface area contributed by atoms with Crippen molar-refractivity contribution in [2.45, 2.75) is 18.8 Å². The summed E-state index contributed by atoms with van der Waals surface area (Å²) in [5, 5.41) is 34.5. The zero-order valence-corrected chi connectivity index (χ0v) is 17.9. The second-order valence-corrected chi connectivity index (χ2v) is 7.57. The van der Waals surface area contributed by atoms with Gasteiger partial charge < -0.3 is 20.3 Å². The number of nitro benzene ring substituents is 1. The zero-order chi connectivity index (χ0) is 24.1. The number of para-hydroxylation sites is 1. The van der Waals surface area contributed by atoms with Gasteiger partial charge in [0.25, 0.3) is 5.69 Å². The van der Waals surface area contributed by atoms with Crippen LogP contribution in [0.3, 0.4) is 0 Å². The van der Waals surface area contributed by atoms with E-state index < -0.39 is 23.0 Å². The molecule has 9 nitrogen and oxygen atoms in total. The lowest BCUT2D eigenvalue weighted by atomic mass is 10.0. The number of hydrogen-bond donors (Lipinski definition) is 3. The largest absolute Gasteiger partial charge is 0.487 e. The van der Waals surface area contributed by atoms with Gasteiger partial charge in [-0.25, -0.2) is 9.78 Å². The Balaban J connectivity index is 1.50. The summed E-state index contributed by atoms with van der Waals surface area (Å²) in [6, 6.07) is 22.8. The Morgan fingerprint density at radius 2 is 1.79 bits per heavy atom. The van der Waals surface area contributed by atoms with Crippen molar-refractivity contribution in [3.05, 3.63) is 106 Å². The van der Waals surface area contributed by atoms with Gasteiger partial charge in [0, 0.05) is 29.3 Å². The maximum Gasteiger partial charge on any atom is 0.335 e. The number of aliphatic hydroxyl groups is 1. The highest BCUT2D eigenvalue weighted by molar-refractivity contribution is 5.78. The van der Waals surface area contributed by atoms with Crippen molar-refractivity contribution >= 4 is 28.2 Å². The smallest absolute Gasteiger partial charge is 0.335 e. The van der Waals surface area contributed by atoms with E-state index in [1.165, 1.54) is 24.3 Å². The van der Waals surface area contributed by atoms with E-state index >= 15 is 0 Å². The molecule has 0 aliphatic carbocycles. The van der Waals surface area contributed by atoms with Crippen molar-refractivity contribution in [3.8, 4) is 5.75 Å². The van der Waals surface area contributed by atoms with Gasteiger partial charge in [-0.3, -0.25) is 10.1 Å². The van der Waals surface area contributed by atoms with Crippen molar-refractivity contribution in [1.82, 2.24) is 4.98 Å². The molecular formula is C25H21N3O6. The third kappa shape index (κ3) is 5.28. The minimum atomic E-state index is -1.78. The number of fused-ring (bicyclic) bond motifs is 1. The van der Waals surface area contributed by atoms with E-state index in [0.29, 0.717) is 17.0 Å². The third-order valence-electron chi connectivity index (χ3n) is 5.23. The molecule has 0 saturated carbocycles. The lowest BCUT2D eigenvalue weighted by Gasteiger charge is -2.23. The predicted octanol–water partition coefficient (Wildman–Crippen LogP) is 4.32. The first-order valence-electron chi connectivity index (χ1n) is 10.4. The Morgan fingerprint density at radius 3 is 2.53 bits per heavy atom. The average molecular weight is 459 g/mol. The molecule has 0 aliphatic rings. The molecule has 9 heteroatoms. The van der Waals surface area contributed by atoms with E-state index in [-0.39, 0.29) is 12.3 Å². The molecule has 34 heavy (non-hydrogen) atoms. The van der Waals surface area contributed by atoms with Crippen molar-refractivity contribution < 1.29 is 24.7 Å². The summed E-state index contributed by atoms with van der Waals surface area (Å²) in [5.74, 6) is -0.905. The average Bonchev–Trinajstić information content (AvgIpc) is 2.86. The maximum atomic E-state index is 11.5. The van der Waals surface area contributed by atoms with E-state index in [1.807, 2.05) is 36.4 Å². The molecule has 3 N–H and O–H groups in total. The molecule has 0 saturated heterocycles. The number of aromatic nitrogens is 1. The van der Waals surface area contributed by atoms with Gasteiger partial charge in [-0.1, -0.05) is 42.5 Å². The third-order valence-corrected chi connectivity index (χ3v) is 5.23. The van der Waals surface area contributed by atoms with Crippen LogP contribution in [0.1, 0.15) is 17.3 Å². The number of pyridine rings is 1. The first kappa shape index (κ1) is 22.7. The fourth-order valence-corrected chi connectivity index (χ4v) is 3.49. The fraction of sp³-hybridized carbons (Fsp3) is 0.120. The lowest BCUT2D eigenvalue weighted by molar-refractivity contribution is -0.384. The Bertz CT molecular complexity index is 1330. The summed E-state index contributed by atoms with van der Waals surface area (Å²) in [5.41, 5.74) is 2.37. The number of hydrogen-bond acceptors (Lipinski definition) is 7. The van der Waals surface area contributed by atoms with Gasteiger partial charge in [0.15, 0.2) is 6.10 Å². The van der Waals surface area contributed by atoms with Crippen LogP contribution >= 0.6 is 0 Å². The van der Waals surface area contributed by atoms with E-state index in [4.69, 9.17) is 4.74 Å². The van der Waals surface area contributed by atoms with Crippen LogP contribution in [0.2, 0.25) is 0 Å². The summed E-state index contributed by atoms with van der Waals surface area (Å²) in [7, 11) is 0. The second-order valence-electron chi connectivity index (χ2n) is 7.57. The van der Waals surface area contributed by atoms with Crippen molar-refractivity contribution in [2.24, 2.45) is 0 Å². The molecule has 1 aromatic heterocycles. The van der Waals surface area contributed by atoms with Crippen LogP contribution < -0.4 is 10.1 Å². The van der Waals surface area contributed by atoms with Gasteiger partial charge in [-0.05, 0) is 29.8 Å². The minimum absolute atomic E-state index is 0.134. The highest BCUT2D eigenvalue weighted by Gasteiger charge is 2.28. The van der Waals surface area contributed by atoms with E-state index in [9.17, 15) is 25.1 Å². The number of non-ortho nitro benzene ring substituents is 1. The molecule has 0 bridgehead atoms. The monoisotopic (exact) mass is 459 g/mol. The summed E-state index contributed by atoms with van der Waals surface area (Å²) in [6.45, 7) is 0.234. The number of carbonyl (C=O) groups is 1. The molecule has 1 heterocycles. The standard InChI is InChI=1S/C25H21N3O6/c29-24(25(30)31)23(17-9-12-20(13-10-17)28(32)33)27-18-5-3-6-21(14-18)34-15-19-11-8-16-4-1-2-7-22(16)26-19/h1-14,23-24,27,29H,15H2,(H,30,31)/t23-,24-/m0/s1. The van der Waals surface area contributed by atoms with Crippen LogP contribution in [0.5, 0.6) is 5.75 Å². The molecule has 2 atom stereocenters. The van der Waals surface area contributed by atoms with E-state index in [0.717, 1.165) is 16.6 Å². The number of aliphatic hydroxyl groups excluding tert-OH is 1. The van der Waals surface area contributed by atoms with Gasteiger partial charge in [0.1, 0.15) is 12.4 Å². The molecule has 172 valence electrons. The Morgan fingerprint density at radius 1 is 1.03 bits per heavy atom. The number of nitrogens with zero attached hydrogens (tertiary/aromatic N) is 2. The molecule has 0 radical (unpaired) electrons. The highest BCUT2D eigenvalue weighted by atomic mass is 16.6. The normalized spacial score (nSPS) is 12.6. The molecule has 4 aromatic rings. The minimum Gasteiger partial charge on any atom is -0.487 e. The first-order valence-corrected chi connectivity index (χ1v) is 10.4. The number of carboxylic acids is 1. The van der Waals surface area contributed by atoms with E-state index in [1.54, 1.807) is 24.3 Å². The summed E-state index contributed by atoms with van der Waals surface area (Å²) in [4.78, 5) is 26.4.